The Morgan fingerprint density at radius 3 is 1.28 bits per heavy atom. The molecule has 67 heavy (non-hydrogen) atoms. The molecule has 0 aliphatic heterocycles. The highest BCUT2D eigenvalue weighted by atomic mass is 16.3. The summed E-state index contributed by atoms with van der Waals surface area (Å²) in [6, 6.07) is 88.7. The van der Waals surface area contributed by atoms with Crippen LogP contribution in [0.15, 0.2) is 258 Å². The average molecular weight is 856 g/mol. The highest BCUT2D eigenvalue weighted by molar-refractivity contribution is 6.29. The van der Waals surface area contributed by atoms with E-state index < -0.39 is 0 Å². The van der Waals surface area contributed by atoms with Gasteiger partial charge in [-0.15, -0.1) is 0 Å². The SMILES string of the molecule is c1ccc(-c2ccc(N(c3ccc(-c4ccccc4)cc3)c3ccc(-c4ccc5c(c4)c4ccccc4c4oc(-c6ccc7c(c6)oc6ccccc67)c(-c6ccccc6)c54)cc3)cc2)cc1. The Kier molecular flexibility index (Phi) is 9.17. The van der Waals surface area contributed by atoms with E-state index in [2.05, 4.69) is 241 Å². The van der Waals surface area contributed by atoms with Gasteiger partial charge >= 0.3 is 0 Å². The van der Waals surface area contributed by atoms with Gasteiger partial charge in [0.15, 0.2) is 0 Å². The minimum absolute atomic E-state index is 0.829. The van der Waals surface area contributed by atoms with E-state index in [1.807, 2.05) is 12.1 Å². The summed E-state index contributed by atoms with van der Waals surface area (Å²) >= 11 is 0. The molecule has 314 valence electrons. The van der Waals surface area contributed by atoms with Crippen LogP contribution in [-0.2, 0) is 0 Å². The predicted molar refractivity (Wildman–Crippen MR) is 280 cm³/mol. The second-order valence-electron chi connectivity index (χ2n) is 17.2. The van der Waals surface area contributed by atoms with Crippen LogP contribution in [0.2, 0.25) is 0 Å². The quantitative estimate of drug-likeness (QED) is 0.143. The van der Waals surface area contributed by atoms with Gasteiger partial charge < -0.3 is 13.7 Å². The zero-order valence-electron chi connectivity index (χ0n) is 36.4. The van der Waals surface area contributed by atoms with Crippen LogP contribution in [-0.4, -0.2) is 0 Å². The van der Waals surface area contributed by atoms with Crippen molar-refractivity contribution in [1.82, 2.24) is 0 Å². The largest absolute Gasteiger partial charge is 0.456 e. The van der Waals surface area contributed by atoms with Crippen LogP contribution in [0.3, 0.4) is 0 Å². The Morgan fingerprint density at radius 2 is 0.687 bits per heavy atom. The number of nitrogens with zero attached hydrogens (tertiary/aromatic N) is 1. The van der Waals surface area contributed by atoms with Crippen molar-refractivity contribution in [2.45, 2.75) is 0 Å². The molecule has 0 amide bonds. The number of anilines is 3. The van der Waals surface area contributed by atoms with Crippen molar-refractivity contribution >= 4 is 71.5 Å². The summed E-state index contributed by atoms with van der Waals surface area (Å²) in [5.74, 6) is 0.829. The molecule has 0 unspecified atom stereocenters. The van der Waals surface area contributed by atoms with E-state index in [0.29, 0.717) is 0 Å². The van der Waals surface area contributed by atoms with E-state index in [1.165, 1.54) is 27.6 Å². The molecule has 0 saturated heterocycles. The third-order valence-electron chi connectivity index (χ3n) is 13.3. The molecule has 0 bridgehead atoms. The number of rotatable bonds is 8. The smallest absolute Gasteiger partial charge is 0.143 e. The number of para-hydroxylation sites is 1. The van der Waals surface area contributed by atoms with Gasteiger partial charge in [0.25, 0.3) is 0 Å². The molecule has 3 heteroatoms. The Bertz CT molecular complexity index is 3840. The van der Waals surface area contributed by atoms with Gasteiger partial charge in [-0.25, -0.2) is 0 Å². The van der Waals surface area contributed by atoms with E-state index in [1.54, 1.807) is 0 Å². The van der Waals surface area contributed by atoms with Crippen molar-refractivity contribution in [2.24, 2.45) is 0 Å². The Labute approximate surface area is 388 Å². The van der Waals surface area contributed by atoms with Gasteiger partial charge in [-0.3, -0.25) is 0 Å². The van der Waals surface area contributed by atoms with Crippen LogP contribution >= 0.6 is 0 Å². The fraction of sp³-hybridized carbons (Fsp3) is 0. The molecular formula is C64H41NO2. The van der Waals surface area contributed by atoms with Gasteiger partial charge in [0.1, 0.15) is 22.5 Å². The fourth-order valence-electron chi connectivity index (χ4n) is 10.0. The highest BCUT2D eigenvalue weighted by Gasteiger charge is 2.24. The summed E-state index contributed by atoms with van der Waals surface area (Å²) in [6.45, 7) is 0. The highest BCUT2D eigenvalue weighted by Crippen LogP contribution is 2.49. The van der Waals surface area contributed by atoms with E-state index in [-0.39, 0.29) is 0 Å². The molecule has 0 atom stereocenters. The second-order valence-corrected chi connectivity index (χ2v) is 17.2. The molecule has 13 aromatic rings. The molecule has 0 saturated carbocycles. The number of benzene rings is 11. The minimum atomic E-state index is 0.829. The normalized spacial score (nSPS) is 11.6. The number of fused-ring (bicyclic) bond motifs is 9. The van der Waals surface area contributed by atoms with E-state index in [9.17, 15) is 0 Å². The topological polar surface area (TPSA) is 29.5 Å². The minimum Gasteiger partial charge on any atom is -0.456 e. The number of furan rings is 2. The predicted octanol–water partition coefficient (Wildman–Crippen LogP) is 18.4. The zero-order valence-corrected chi connectivity index (χ0v) is 36.4. The van der Waals surface area contributed by atoms with Crippen molar-refractivity contribution in [1.29, 1.82) is 0 Å². The third-order valence-corrected chi connectivity index (χ3v) is 13.3. The maximum Gasteiger partial charge on any atom is 0.143 e. The molecule has 0 fully saturated rings. The lowest BCUT2D eigenvalue weighted by Gasteiger charge is -2.26. The molecule has 0 aliphatic carbocycles. The third kappa shape index (κ3) is 6.67. The Balaban J connectivity index is 0.932. The van der Waals surface area contributed by atoms with Crippen LogP contribution in [0.1, 0.15) is 0 Å². The lowest BCUT2D eigenvalue weighted by atomic mass is 9.90. The van der Waals surface area contributed by atoms with Crippen LogP contribution in [0.5, 0.6) is 0 Å². The second kappa shape index (κ2) is 16.0. The van der Waals surface area contributed by atoms with Gasteiger partial charge in [-0.05, 0) is 116 Å². The average Bonchev–Trinajstić information content (AvgIpc) is 4.00. The van der Waals surface area contributed by atoms with Gasteiger partial charge in [0.2, 0.25) is 0 Å². The van der Waals surface area contributed by atoms with Gasteiger partial charge in [-0.1, -0.05) is 188 Å². The fourth-order valence-corrected chi connectivity index (χ4v) is 10.0. The first-order chi connectivity index (χ1) is 33.2. The Hall–Kier alpha value is -8.92. The van der Waals surface area contributed by atoms with Gasteiger partial charge in [0, 0.05) is 49.7 Å². The van der Waals surface area contributed by atoms with E-state index in [4.69, 9.17) is 8.83 Å². The van der Waals surface area contributed by atoms with Crippen molar-refractivity contribution in [3.05, 3.63) is 249 Å². The molecule has 2 aromatic heterocycles. The Morgan fingerprint density at radius 1 is 0.254 bits per heavy atom. The first-order valence-corrected chi connectivity index (χ1v) is 22.8. The van der Waals surface area contributed by atoms with Gasteiger partial charge in [0.05, 0.1) is 0 Å². The molecule has 0 spiro atoms. The summed E-state index contributed by atoms with van der Waals surface area (Å²) < 4.78 is 13.5. The standard InChI is InChI=1S/C64H41NO2/c1-4-14-42(15-5-1)44-24-32-50(33-25-44)65(51-34-26-45(27-35-51)43-16-6-2-7-17-43)52-36-28-46(29-37-52)48-30-39-56-58(40-48)53-20-10-11-22-57(53)64-62(56)61(47-18-8-3-9-19-47)63(67-64)49-31-38-55-54-21-12-13-23-59(54)66-60(55)41-49/h1-41H. The molecular weight excluding hydrogens is 815 g/mol. The first-order valence-electron chi connectivity index (χ1n) is 22.8. The lowest BCUT2D eigenvalue weighted by molar-refractivity contribution is 0.635. The molecule has 0 radical (unpaired) electrons. The molecule has 0 aliphatic rings. The van der Waals surface area contributed by atoms with E-state index in [0.717, 1.165) is 99.7 Å². The maximum atomic E-state index is 7.12. The molecule has 2 heterocycles. The van der Waals surface area contributed by atoms with Crippen LogP contribution < -0.4 is 4.90 Å². The summed E-state index contributed by atoms with van der Waals surface area (Å²) in [5.41, 5.74) is 16.1. The monoisotopic (exact) mass is 855 g/mol. The molecule has 0 N–H and O–H groups in total. The summed E-state index contributed by atoms with van der Waals surface area (Å²) in [4.78, 5) is 2.34. The zero-order chi connectivity index (χ0) is 44.3. The maximum absolute atomic E-state index is 7.12. The first kappa shape index (κ1) is 38.5. The van der Waals surface area contributed by atoms with Crippen molar-refractivity contribution < 1.29 is 8.83 Å². The summed E-state index contributed by atoms with van der Waals surface area (Å²) in [5, 5.41) is 7.87. The van der Waals surface area contributed by atoms with Gasteiger partial charge in [-0.2, -0.15) is 0 Å². The molecule has 13 rings (SSSR count). The summed E-state index contributed by atoms with van der Waals surface area (Å²) in [6.07, 6.45) is 0. The van der Waals surface area contributed by atoms with Crippen molar-refractivity contribution in [3.63, 3.8) is 0 Å². The lowest BCUT2D eigenvalue weighted by Crippen LogP contribution is -2.09. The molecule has 11 aromatic carbocycles. The van der Waals surface area contributed by atoms with Crippen molar-refractivity contribution in [3.8, 4) is 55.8 Å². The molecule has 3 nitrogen and oxygen atoms in total. The number of hydrogen-bond donors (Lipinski definition) is 0. The number of hydrogen-bond acceptors (Lipinski definition) is 3. The van der Waals surface area contributed by atoms with Crippen LogP contribution in [0.25, 0.3) is 110 Å². The van der Waals surface area contributed by atoms with E-state index >= 15 is 0 Å². The van der Waals surface area contributed by atoms with Crippen molar-refractivity contribution in [2.75, 3.05) is 4.90 Å². The van der Waals surface area contributed by atoms with Crippen LogP contribution in [0, 0.1) is 0 Å². The summed E-state index contributed by atoms with van der Waals surface area (Å²) in [7, 11) is 0. The van der Waals surface area contributed by atoms with Crippen LogP contribution in [0.4, 0.5) is 17.1 Å².